The minimum Gasteiger partial charge on any atom is -0.386 e. The van der Waals surface area contributed by atoms with E-state index in [1.807, 2.05) is 6.07 Å². The highest BCUT2D eigenvalue weighted by atomic mass is 35.5. The summed E-state index contributed by atoms with van der Waals surface area (Å²) in [6.07, 6.45) is 0. The van der Waals surface area contributed by atoms with Gasteiger partial charge in [-0.2, -0.15) is 10.5 Å². The summed E-state index contributed by atoms with van der Waals surface area (Å²) in [6.45, 7) is 1.79. The standard InChI is InChI=1S/C16H15ClN4O2/c1-13(10-5-4-6-11(17)7-10)14(8-18)12(20)21-16(22-2,23-3)15(13,14)9-19/h4-7H,1-3H3,(H2,20,21)/t13-,14+,15-/m1/s1. The molecule has 23 heavy (non-hydrogen) atoms. The SMILES string of the molecule is COC1(OC)N=C(N)[C@@]2(C#N)[C@@](C)(c3cccc(Cl)c3)[C@@]12C#N. The molecule has 1 saturated carbocycles. The molecule has 2 N–H and O–H groups in total. The number of hydrogen-bond acceptors (Lipinski definition) is 6. The van der Waals surface area contributed by atoms with Gasteiger partial charge in [-0.15, -0.1) is 0 Å². The largest absolute Gasteiger partial charge is 0.386 e. The molecule has 1 heterocycles. The number of benzene rings is 1. The van der Waals surface area contributed by atoms with E-state index in [1.54, 1.807) is 25.1 Å². The Morgan fingerprint density at radius 3 is 2.35 bits per heavy atom. The summed E-state index contributed by atoms with van der Waals surface area (Å²) in [6, 6.07) is 11.5. The van der Waals surface area contributed by atoms with E-state index in [2.05, 4.69) is 17.1 Å². The molecule has 1 aromatic carbocycles. The highest BCUT2D eigenvalue weighted by molar-refractivity contribution is 6.30. The molecule has 7 heteroatoms. The van der Waals surface area contributed by atoms with Crippen molar-refractivity contribution in [2.45, 2.75) is 18.2 Å². The van der Waals surface area contributed by atoms with Crippen LogP contribution in [-0.4, -0.2) is 26.0 Å². The molecule has 0 amide bonds. The van der Waals surface area contributed by atoms with Crippen LogP contribution >= 0.6 is 11.6 Å². The third-order valence-corrected chi connectivity index (χ3v) is 5.65. The highest BCUT2D eigenvalue weighted by Gasteiger charge is 2.99. The van der Waals surface area contributed by atoms with Gasteiger partial charge >= 0.3 is 0 Å². The van der Waals surface area contributed by atoms with E-state index in [-0.39, 0.29) is 5.84 Å². The Morgan fingerprint density at radius 1 is 1.22 bits per heavy atom. The lowest BCUT2D eigenvalue weighted by Gasteiger charge is -2.32. The summed E-state index contributed by atoms with van der Waals surface area (Å²) in [5.41, 5.74) is 3.09. The normalized spacial score (nSPS) is 36.5. The molecule has 1 aromatic rings. The van der Waals surface area contributed by atoms with E-state index in [0.29, 0.717) is 10.6 Å². The topological polar surface area (TPSA) is 104 Å². The number of halogens is 1. The second-order valence-corrected chi connectivity index (χ2v) is 6.28. The molecule has 0 aromatic heterocycles. The lowest BCUT2D eigenvalue weighted by Crippen LogP contribution is -2.44. The smallest absolute Gasteiger partial charge is 0.293 e. The number of hydrogen-bond donors (Lipinski definition) is 1. The number of ether oxygens (including phenoxy) is 2. The van der Waals surface area contributed by atoms with E-state index < -0.39 is 22.2 Å². The molecule has 0 unspecified atom stereocenters. The van der Waals surface area contributed by atoms with Crippen molar-refractivity contribution in [3.05, 3.63) is 34.9 Å². The average Bonchev–Trinajstić information content (AvgIpc) is 2.97. The molecule has 1 fully saturated rings. The second kappa shape index (κ2) is 4.46. The molecule has 3 rings (SSSR count). The van der Waals surface area contributed by atoms with E-state index in [9.17, 15) is 10.5 Å². The maximum absolute atomic E-state index is 10.0. The molecule has 0 saturated heterocycles. The van der Waals surface area contributed by atoms with E-state index in [1.165, 1.54) is 14.2 Å². The Hall–Kier alpha value is -2.12. The summed E-state index contributed by atoms with van der Waals surface area (Å²) in [5.74, 6) is -1.61. The molecule has 0 radical (unpaired) electrons. The van der Waals surface area contributed by atoms with Crippen LogP contribution in [0.3, 0.4) is 0 Å². The molecule has 118 valence electrons. The van der Waals surface area contributed by atoms with Crippen molar-refractivity contribution in [3.8, 4) is 12.1 Å². The number of methoxy groups -OCH3 is 2. The van der Waals surface area contributed by atoms with Crippen LogP contribution in [0.4, 0.5) is 0 Å². The molecular formula is C16H15ClN4O2. The third kappa shape index (κ3) is 1.27. The van der Waals surface area contributed by atoms with E-state index in [0.717, 1.165) is 0 Å². The monoisotopic (exact) mass is 330 g/mol. The first-order valence-electron chi connectivity index (χ1n) is 6.92. The van der Waals surface area contributed by atoms with E-state index in [4.69, 9.17) is 26.8 Å². The molecule has 6 nitrogen and oxygen atoms in total. The van der Waals surface area contributed by atoms with Crippen LogP contribution in [0.1, 0.15) is 12.5 Å². The summed E-state index contributed by atoms with van der Waals surface area (Å²) in [4.78, 5) is 4.19. The lowest BCUT2D eigenvalue weighted by atomic mass is 9.84. The number of nitriles is 2. The van der Waals surface area contributed by atoms with Crippen molar-refractivity contribution in [2.75, 3.05) is 14.2 Å². The van der Waals surface area contributed by atoms with Crippen molar-refractivity contribution in [1.29, 1.82) is 10.5 Å². The maximum Gasteiger partial charge on any atom is 0.293 e. The van der Waals surface area contributed by atoms with Crippen molar-refractivity contribution < 1.29 is 9.47 Å². The second-order valence-electron chi connectivity index (χ2n) is 5.85. The van der Waals surface area contributed by atoms with Gasteiger partial charge in [0.25, 0.3) is 5.91 Å². The molecule has 1 aliphatic carbocycles. The van der Waals surface area contributed by atoms with Crippen LogP contribution in [0, 0.1) is 33.5 Å². The minimum absolute atomic E-state index is 0.0349. The van der Waals surface area contributed by atoms with Gasteiger partial charge in [0.2, 0.25) is 0 Å². The quantitative estimate of drug-likeness (QED) is 0.853. The third-order valence-electron chi connectivity index (χ3n) is 5.42. The highest BCUT2D eigenvalue weighted by Crippen LogP contribution is 2.85. The zero-order valence-electron chi connectivity index (χ0n) is 12.9. The van der Waals surface area contributed by atoms with Crippen LogP contribution < -0.4 is 5.73 Å². The number of nitrogens with two attached hydrogens (primary N) is 1. The predicted molar refractivity (Wildman–Crippen MR) is 83.3 cm³/mol. The van der Waals surface area contributed by atoms with Gasteiger partial charge in [-0.1, -0.05) is 30.7 Å². The molecule has 3 atom stereocenters. The Kier molecular flexibility index (Phi) is 3.05. The Morgan fingerprint density at radius 2 is 1.87 bits per heavy atom. The number of aliphatic imine (C=N–C) groups is 1. The van der Waals surface area contributed by atoms with Crippen LogP contribution in [0.15, 0.2) is 29.3 Å². The van der Waals surface area contributed by atoms with E-state index >= 15 is 0 Å². The Labute approximate surface area is 139 Å². The molecular weight excluding hydrogens is 316 g/mol. The summed E-state index contributed by atoms with van der Waals surface area (Å²) < 4.78 is 10.9. The molecule has 0 bridgehead atoms. The van der Waals surface area contributed by atoms with Gasteiger partial charge in [-0.25, -0.2) is 4.99 Å². The van der Waals surface area contributed by atoms with Gasteiger partial charge < -0.3 is 15.2 Å². The summed E-state index contributed by atoms with van der Waals surface area (Å²) >= 11 is 6.10. The van der Waals surface area contributed by atoms with Crippen LogP contribution in [0.25, 0.3) is 0 Å². The minimum atomic E-state index is -1.64. The number of rotatable bonds is 3. The van der Waals surface area contributed by atoms with Gasteiger partial charge in [0.1, 0.15) is 5.84 Å². The number of amidine groups is 1. The summed E-state index contributed by atoms with van der Waals surface area (Å²) in [5, 5.41) is 20.4. The lowest BCUT2D eigenvalue weighted by molar-refractivity contribution is -0.233. The van der Waals surface area contributed by atoms with Gasteiger partial charge in [0.05, 0.1) is 12.1 Å². The average molecular weight is 331 g/mol. The van der Waals surface area contributed by atoms with Crippen LogP contribution in [0.2, 0.25) is 5.02 Å². The summed E-state index contributed by atoms with van der Waals surface area (Å²) in [7, 11) is 2.76. The Balaban J connectivity index is 2.36. The molecule has 0 spiro atoms. The van der Waals surface area contributed by atoms with Crippen molar-refractivity contribution in [3.63, 3.8) is 0 Å². The fourth-order valence-corrected chi connectivity index (χ4v) is 4.47. The van der Waals surface area contributed by atoms with Gasteiger partial charge in [-0.05, 0) is 17.7 Å². The van der Waals surface area contributed by atoms with Gasteiger partial charge in [0.15, 0.2) is 10.8 Å². The van der Waals surface area contributed by atoms with Crippen LogP contribution in [-0.2, 0) is 14.9 Å². The molecule has 2 aliphatic rings. The number of fused-ring (bicyclic) bond motifs is 1. The van der Waals surface area contributed by atoms with Crippen LogP contribution in [0.5, 0.6) is 0 Å². The first kappa shape index (κ1) is 15.8. The zero-order valence-corrected chi connectivity index (χ0v) is 13.7. The number of nitrogens with zero attached hydrogens (tertiary/aromatic N) is 3. The predicted octanol–water partition coefficient (Wildman–Crippen LogP) is 1.95. The van der Waals surface area contributed by atoms with Crippen molar-refractivity contribution >= 4 is 17.4 Å². The fourth-order valence-electron chi connectivity index (χ4n) is 4.28. The van der Waals surface area contributed by atoms with Gasteiger partial charge in [-0.3, -0.25) is 0 Å². The van der Waals surface area contributed by atoms with Crippen molar-refractivity contribution in [2.24, 2.45) is 21.6 Å². The fraction of sp³-hybridized carbons (Fsp3) is 0.438. The Bertz CT molecular complexity index is 807. The van der Waals surface area contributed by atoms with Crippen molar-refractivity contribution in [1.82, 2.24) is 0 Å². The first-order chi connectivity index (χ1) is 10.9. The zero-order chi connectivity index (χ0) is 17.1. The van der Waals surface area contributed by atoms with Gasteiger partial charge in [0, 0.05) is 24.7 Å². The maximum atomic E-state index is 10.0. The first-order valence-corrected chi connectivity index (χ1v) is 7.30. The molecule has 1 aliphatic heterocycles.